The lowest BCUT2D eigenvalue weighted by Crippen LogP contribution is -2.43. The van der Waals surface area contributed by atoms with Gasteiger partial charge in [-0.2, -0.15) is 0 Å². The van der Waals surface area contributed by atoms with Crippen molar-refractivity contribution in [1.82, 2.24) is 15.5 Å². The van der Waals surface area contributed by atoms with E-state index in [1.807, 2.05) is 18.2 Å². The van der Waals surface area contributed by atoms with E-state index in [1.54, 1.807) is 20.2 Å². The monoisotopic (exact) mass is 446 g/mol. The molecular weight excluding hydrogens is 423 g/mol. The molecule has 0 spiro atoms. The average molecular weight is 446 g/mol. The minimum Gasteiger partial charge on any atom is -0.454 e. The molecule has 0 unspecified atom stereocenters. The molecule has 1 aliphatic rings. The zero-order chi connectivity index (χ0) is 16.7. The Kier molecular flexibility index (Phi) is 8.37. The Bertz CT molecular complexity index is 605. The van der Waals surface area contributed by atoms with E-state index in [1.165, 1.54) is 4.90 Å². The molecule has 2 N–H and O–H groups in total. The second kappa shape index (κ2) is 10.0. The molecule has 0 atom stereocenters. The molecule has 1 aliphatic heterocycles. The fourth-order valence-electron chi connectivity index (χ4n) is 1.87. The number of hydrogen-bond acceptors (Lipinski definition) is 4. The van der Waals surface area contributed by atoms with Crippen LogP contribution in [-0.4, -0.2) is 50.7 Å². The van der Waals surface area contributed by atoms with E-state index in [4.69, 9.17) is 9.47 Å². The first-order valence-electron chi connectivity index (χ1n) is 7.32. The van der Waals surface area contributed by atoms with Gasteiger partial charge >= 0.3 is 0 Å². The summed E-state index contributed by atoms with van der Waals surface area (Å²) in [5, 5.41) is 6.08. The van der Waals surface area contributed by atoms with Gasteiger partial charge in [0.05, 0.1) is 13.1 Å². The first-order chi connectivity index (χ1) is 11.1. The number of amides is 1. The third-order valence-electron chi connectivity index (χ3n) is 3.18. The van der Waals surface area contributed by atoms with Gasteiger partial charge in [0, 0.05) is 20.6 Å². The number of carbonyl (C=O) groups is 1. The summed E-state index contributed by atoms with van der Waals surface area (Å²) in [4.78, 5) is 17.6. The van der Waals surface area contributed by atoms with E-state index in [0.29, 0.717) is 19.0 Å². The van der Waals surface area contributed by atoms with Crippen LogP contribution in [0.5, 0.6) is 11.5 Å². The average Bonchev–Trinajstić information content (AvgIpc) is 3.01. The summed E-state index contributed by atoms with van der Waals surface area (Å²) in [6.45, 7) is 5.11. The number of carbonyl (C=O) groups excluding carboxylic acids is 1. The smallest absolute Gasteiger partial charge is 0.241 e. The number of nitrogens with zero attached hydrogens (tertiary/aromatic N) is 2. The van der Waals surface area contributed by atoms with Crippen LogP contribution in [0, 0.1) is 0 Å². The van der Waals surface area contributed by atoms with Crippen molar-refractivity contribution in [3.05, 3.63) is 36.4 Å². The Balaban J connectivity index is 0.00000288. The van der Waals surface area contributed by atoms with Crippen LogP contribution in [0.1, 0.15) is 5.56 Å². The van der Waals surface area contributed by atoms with Crippen LogP contribution >= 0.6 is 24.0 Å². The van der Waals surface area contributed by atoms with Crippen molar-refractivity contribution in [3.8, 4) is 11.5 Å². The number of benzene rings is 1. The standard InChI is InChI=1S/C16H22N4O3.HI/c1-4-7-17-16(19-10-15(21)20(2)3)18-9-12-5-6-13-14(8-12)23-11-22-13;/h4-6,8H,1,7,9-11H2,2-3H3,(H2,17,18,19);1H. The topological polar surface area (TPSA) is 75.2 Å². The van der Waals surface area contributed by atoms with Crippen molar-refractivity contribution in [3.63, 3.8) is 0 Å². The maximum Gasteiger partial charge on any atom is 0.241 e. The highest BCUT2D eigenvalue weighted by atomic mass is 127. The van der Waals surface area contributed by atoms with Gasteiger partial charge in [-0.15, -0.1) is 30.6 Å². The van der Waals surface area contributed by atoms with Gasteiger partial charge in [-0.3, -0.25) is 4.79 Å². The van der Waals surface area contributed by atoms with Gasteiger partial charge in [-0.25, -0.2) is 4.99 Å². The molecule has 1 heterocycles. The Morgan fingerprint density at radius 2 is 2.08 bits per heavy atom. The first kappa shape index (κ1) is 20.1. The summed E-state index contributed by atoms with van der Waals surface area (Å²) >= 11 is 0. The summed E-state index contributed by atoms with van der Waals surface area (Å²) in [7, 11) is 3.43. The Labute approximate surface area is 159 Å². The number of likely N-dealkylation sites (N-methyl/N-ethyl adjacent to an activating group) is 1. The molecule has 0 saturated carbocycles. The molecule has 0 aliphatic carbocycles. The molecule has 7 nitrogen and oxygen atoms in total. The van der Waals surface area contributed by atoms with Crippen molar-refractivity contribution < 1.29 is 14.3 Å². The Hall–Kier alpha value is -1.97. The van der Waals surface area contributed by atoms with Crippen LogP contribution in [-0.2, 0) is 11.3 Å². The van der Waals surface area contributed by atoms with Crippen molar-refractivity contribution >= 4 is 35.8 Å². The number of ether oxygens (including phenoxy) is 2. The predicted octanol–water partition coefficient (Wildman–Crippen LogP) is 1.34. The molecule has 132 valence electrons. The van der Waals surface area contributed by atoms with E-state index in [0.717, 1.165) is 17.1 Å². The van der Waals surface area contributed by atoms with Gasteiger partial charge in [0.2, 0.25) is 12.7 Å². The lowest BCUT2D eigenvalue weighted by molar-refractivity contribution is -0.127. The third-order valence-corrected chi connectivity index (χ3v) is 3.18. The SMILES string of the molecule is C=CCNC(=NCc1ccc2c(c1)OCO2)NCC(=O)N(C)C.I. The lowest BCUT2D eigenvalue weighted by Gasteiger charge is -2.14. The predicted molar refractivity (Wildman–Crippen MR) is 104 cm³/mol. The number of guanidine groups is 1. The molecule has 1 amide bonds. The van der Waals surface area contributed by atoms with E-state index in [2.05, 4.69) is 22.2 Å². The van der Waals surface area contributed by atoms with Crippen LogP contribution in [0.4, 0.5) is 0 Å². The van der Waals surface area contributed by atoms with E-state index >= 15 is 0 Å². The fourth-order valence-corrected chi connectivity index (χ4v) is 1.87. The molecule has 1 aromatic rings. The molecule has 0 saturated heterocycles. The summed E-state index contributed by atoms with van der Waals surface area (Å²) < 4.78 is 10.6. The maximum atomic E-state index is 11.7. The molecular formula is C16H23IN4O3. The van der Waals surface area contributed by atoms with Crippen LogP contribution < -0.4 is 20.1 Å². The second-order valence-corrected chi connectivity index (χ2v) is 5.16. The van der Waals surface area contributed by atoms with Gasteiger partial charge in [0.15, 0.2) is 17.5 Å². The minimum absolute atomic E-state index is 0. The molecule has 2 rings (SSSR count). The highest BCUT2D eigenvalue weighted by Gasteiger charge is 2.13. The molecule has 0 fully saturated rings. The summed E-state index contributed by atoms with van der Waals surface area (Å²) in [6.07, 6.45) is 1.73. The van der Waals surface area contributed by atoms with E-state index in [9.17, 15) is 4.79 Å². The lowest BCUT2D eigenvalue weighted by atomic mass is 10.2. The van der Waals surface area contributed by atoms with Crippen LogP contribution in [0.2, 0.25) is 0 Å². The zero-order valence-electron chi connectivity index (χ0n) is 13.9. The van der Waals surface area contributed by atoms with Crippen molar-refractivity contribution in [2.45, 2.75) is 6.54 Å². The molecule has 0 radical (unpaired) electrons. The van der Waals surface area contributed by atoms with Crippen LogP contribution in [0.15, 0.2) is 35.8 Å². The van der Waals surface area contributed by atoms with E-state index in [-0.39, 0.29) is 43.2 Å². The second-order valence-electron chi connectivity index (χ2n) is 5.16. The van der Waals surface area contributed by atoms with E-state index < -0.39 is 0 Å². The zero-order valence-corrected chi connectivity index (χ0v) is 16.2. The number of halogens is 1. The number of hydrogen-bond donors (Lipinski definition) is 2. The quantitative estimate of drug-likeness (QED) is 0.299. The number of rotatable bonds is 6. The first-order valence-corrected chi connectivity index (χ1v) is 7.32. The largest absolute Gasteiger partial charge is 0.454 e. The molecule has 8 heteroatoms. The summed E-state index contributed by atoms with van der Waals surface area (Å²) in [5.74, 6) is 2.01. The number of fused-ring (bicyclic) bond motifs is 1. The van der Waals surface area contributed by atoms with Gasteiger partial charge in [0.1, 0.15) is 0 Å². The van der Waals surface area contributed by atoms with Crippen molar-refractivity contribution in [2.24, 2.45) is 4.99 Å². The normalized spacial score (nSPS) is 12.2. The highest BCUT2D eigenvalue weighted by Crippen LogP contribution is 2.32. The summed E-state index contributed by atoms with van der Waals surface area (Å²) in [6, 6.07) is 5.71. The maximum absolute atomic E-state index is 11.7. The molecule has 24 heavy (non-hydrogen) atoms. The molecule has 0 aromatic heterocycles. The van der Waals surface area contributed by atoms with Gasteiger partial charge in [-0.1, -0.05) is 12.1 Å². The highest BCUT2D eigenvalue weighted by molar-refractivity contribution is 14.0. The fraction of sp³-hybridized carbons (Fsp3) is 0.375. The van der Waals surface area contributed by atoms with Crippen LogP contribution in [0.3, 0.4) is 0 Å². The Morgan fingerprint density at radius 3 is 2.79 bits per heavy atom. The summed E-state index contributed by atoms with van der Waals surface area (Å²) in [5.41, 5.74) is 0.993. The third kappa shape index (κ3) is 5.91. The van der Waals surface area contributed by atoms with Gasteiger partial charge < -0.3 is 25.0 Å². The molecule has 0 bridgehead atoms. The molecule has 1 aromatic carbocycles. The minimum atomic E-state index is -0.0267. The number of aliphatic imine (C=N–C) groups is 1. The van der Waals surface area contributed by atoms with Crippen LogP contribution in [0.25, 0.3) is 0 Å². The van der Waals surface area contributed by atoms with Crippen molar-refractivity contribution in [2.75, 3.05) is 34.0 Å². The van der Waals surface area contributed by atoms with Crippen molar-refractivity contribution in [1.29, 1.82) is 0 Å². The van der Waals surface area contributed by atoms with Gasteiger partial charge in [0.25, 0.3) is 0 Å². The van der Waals surface area contributed by atoms with Gasteiger partial charge in [-0.05, 0) is 17.7 Å². The Morgan fingerprint density at radius 1 is 1.33 bits per heavy atom. The number of nitrogens with one attached hydrogen (secondary N) is 2.